The van der Waals surface area contributed by atoms with Crippen molar-refractivity contribution in [2.24, 2.45) is 0 Å². The molecule has 1 saturated heterocycles. The Morgan fingerprint density at radius 2 is 2.33 bits per heavy atom. The van der Waals surface area contributed by atoms with Gasteiger partial charge in [0, 0.05) is 12.6 Å². The highest BCUT2D eigenvalue weighted by atomic mass is 16.5. The summed E-state index contributed by atoms with van der Waals surface area (Å²) in [6.07, 6.45) is 2.14. The Morgan fingerprint density at radius 1 is 1.50 bits per heavy atom. The van der Waals surface area contributed by atoms with Crippen LogP contribution in [0.5, 0.6) is 5.75 Å². The van der Waals surface area contributed by atoms with Crippen LogP contribution < -0.4 is 15.4 Å². The van der Waals surface area contributed by atoms with Crippen LogP contribution in [0.4, 0.5) is 0 Å². The molecule has 1 fully saturated rings. The molecule has 1 atom stereocenters. The number of hydrogen-bond donors (Lipinski definition) is 2. The zero-order valence-corrected chi connectivity index (χ0v) is 11.0. The molecule has 1 aromatic rings. The van der Waals surface area contributed by atoms with Crippen molar-refractivity contribution in [1.82, 2.24) is 10.6 Å². The lowest BCUT2D eigenvalue weighted by Crippen LogP contribution is -2.45. The van der Waals surface area contributed by atoms with Crippen LogP contribution >= 0.6 is 0 Å². The first-order valence-corrected chi connectivity index (χ1v) is 6.37. The number of rotatable bonds is 3. The average molecular weight is 248 g/mol. The highest BCUT2D eigenvalue weighted by Crippen LogP contribution is 2.19. The molecule has 0 unspecified atom stereocenters. The first-order valence-electron chi connectivity index (χ1n) is 6.37. The van der Waals surface area contributed by atoms with Crippen molar-refractivity contribution >= 4 is 5.91 Å². The van der Waals surface area contributed by atoms with Crippen molar-refractivity contribution in [3.63, 3.8) is 0 Å². The van der Waals surface area contributed by atoms with Gasteiger partial charge in [0.1, 0.15) is 5.75 Å². The molecule has 0 aliphatic carbocycles. The van der Waals surface area contributed by atoms with Gasteiger partial charge in [-0.15, -0.1) is 0 Å². The van der Waals surface area contributed by atoms with Gasteiger partial charge in [0.2, 0.25) is 0 Å². The lowest BCUT2D eigenvalue weighted by molar-refractivity contribution is 0.0927. The Balaban J connectivity index is 2.09. The monoisotopic (exact) mass is 248 g/mol. The van der Waals surface area contributed by atoms with E-state index in [1.54, 1.807) is 7.11 Å². The third-order valence-corrected chi connectivity index (χ3v) is 3.23. The number of piperidine rings is 1. The van der Waals surface area contributed by atoms with E-state index in [-0.39, 0.29) is 11.9 Å². The summed E-state index contributed by atoms with van der Waals surface area (Å²) in [5.41, 5.74) is 1.67. The molecule has 1 aromatic carbocycles. The minimum atomic E-state index is -0.0516. The van der Waals surface area contributed by atoms with E-state index in [1.165, 1.54) is 0 Å². The van der Waals surface area contributed by atoms with Gasteiger partial charge in [-0.25, -0.2) is 0 Å². The van der Waals surface area contributed by atoms with E-state index in [2.05, 4.69) is 10.6 Å². The molecule has 1 aliphatic heterocycles. The number of carbonyl (C=O) groups excluding carboxylic acids is 1. The summed E-state index contributed by atoms with van der Waals surface area (Å²) in [5, 5.41) is 6.34. The highest BCUT2D eigenvalue weighted by Gasteiger charge is 2.18. The summed E-state index contributed by atoms with van der Waals surface area (Å²) in [6, 6.07) is 5.86. The largest absolute Gasteiger partial charge is 0.496 e. The van der Waals surface area contributed by atoms with Gasteiger partial charge in [0.05, 0.1) is 12.7 Å². The van der Waals surface area contributed by atoms with Crippen LogP contribution in [-0.2, 0) is 0 Å². The molecular formula is C14H20N2O2. The lowest BCUT2D eigenvalue weighted by Gasteiger charge is -2.24. The minimum absolute atomic E-state index is 0.0516. The van der Waals surface area contributed by atoms with E-state index in [9.17, 15) is 4.79 Å². The number of aryl methyl sites for hydroxylation is 1. The Bertz CT molecular complexity index is 426. The van der Waals surface area contributed by atoms with E-state index >= 15 is 0 Å². The maximum absolute atomic E-state index is 12.2. The Labute approximate surface area is 108 Å². The van der Waals surface area contributed by atoms with Gasteiger partial charge in [-0.05, 0) is 38.4 Å². The molecule has 1 amide bonds. The van der Waals surface area contributed by atoms with E-state index in [0.29, 0.717) is 11.3 Å². The van der Waals surface area contributed by atoms with Crippen molar-refractivity contribution in [3.05, 3.63) is 29.3 Å². The second-order valence-corrected chi connectivity index (χ2v) is 4.72. The summed E-state index contributed by atoms with van der Waals surface area (Å²) < 4.78 is 5.23. The number of nitrogens with one attached hydrogen (secondary N) is 2. The number of carbonyl (C=O) groups is 1. The summed E-state index contributed by atoms with van der Waals surface area (Å²) in [6.45, 7) is 3.86. The number of methoxy groups -OCH3 is 1. The van der Waals surface area contributed by atoms with Crippen molar-refractivity contribution in [3.8, 4) is 5.75 Å². The summed E-state index contributed by atoms with van der Waals surface area (Å²) in [4.78, 5) is 12.2. The van der Waals surface area contributed by atoms with Crippen LogP contribution in [0.3, 0.4) is 0 Å². The third kappa shape index (κ3) is 3.01. The zero-order valence-electron chi connectivity index (χ0n) is 11.0. The standard InChI is InChI=1S/C14H20N2O2/c1-10-5-6-13(18-2)12(8-10)14(17)16-11-4-3-7-15-9-11/h5-6,8,11,15H,3-4,7,9H2,1-2H3,(H,16,17)/t11-/m0/s1. The van der Waals surface area contributed by atoms with Crippen molar-refractivity contribution in [1.29, 1.82) is 0 Å². The number of ether oxygens (including phenoxy) is 1. The van der Waals surface area contributed by atoms with E-state index in [1.807, 2.05) is 25.1 Å². The van der Waals surface area contributed by atoms with Crippen molar-refractivity contribution in [2.45, 2.75) is 25.8 Å². The zero-order chi connectivity index (χ0) is 13.0. The third-order valence-electron chi connectivity index (χ3n) is 3.23. The molecule has 2 rings (SSSR count). The second kappa shape index (κ2) is 5.87. The minimum Gasteiger partial charge on any atom is -0.496 e. The second-order valence-electron chi connectivity index (χ2n) is 4.72. The first-order chi connectivity index (χ1) is 8.70. The molecule has 4 heteroatoms. The molecule has 0 bridgehead atoms. The van der Waals surface area contributed by atoms with Gasteiger partial charge in [-0.2, -0.15) is 0 Å². The summed E-state index contributed by atoms with van der Waals surface area (Å²) in [5.74, 6) is 0.575. The fourth-order valence-corrected chi connectivity index (χ4v) is 2.24. The molecule has 2 N–H and O–H groups in total. The maximum atomic E-state index is 12.2. The molecule has 1 heterocycles. The summed E-state index contributed by atoms with van der Waals surface area (Å²) >= 11 is 0. The van der Waals surface area contributed by atoms with E-state index < -0.39 is 0 Å². The predicted octanol–water partition coefficient (Wildman–Crippen LogP) is 1.49. The molecule has 0 radical (unpaired) electrons. The molecule has 18 heavy (non-hydrogen) atoms. The van der Waals surface area contributed by atoms with Crippen LogP contribution in [0.15, 0.2) is 18.2 Å². The average Bonchev–Trinajstić information content (AvgIpc) is 2.40. The van der Waals surface area contributed by atoms with Crippen LogP contribution in [0.1, 0.15) is 28.8 Å². The molecular weight excluding hydrogens is 228 g/mol. The molecule has 1 aliphatic rings. The molecule has 4 nitrogen and oxygen atoms in total. The fraction of sp³-hybridized carbons (Fsp3) is 0.500. The van der Waals surface area contributed by atoms with Crippen LogP contribution in [-0.4, -0.2) is 32.1 Å². The van der Waals surface area contributed by atoms with Crippen LogP contribution in [0.2, 0.25) is 0 Å². The molecule has 0 spiro atoms. The number of hydrogen-bond acceptors (Lipinski definition) is 3. The van der Waals surface area contributed by atoms with Crippen molar-refractivity contribution < 1.29 is 9.53 Å². The normalized spacial score (nSPS) is 19.3. The molecule has 0 aromatic heterocycles. The maximum Gasteiger partial charge on any atom is 0.255 e. The van der Waals surface area contributed by atoms with E-state index in [0.717, 1.165) is 31.5 Å². The van der Waals surface area contributed by atoms with Gasteiger partial charge in [-0.3, -0.25) is 4.79 Å². The lowest BCUT2D eigenvalue weighted by atomic mass is 10.1. The molecule has 0 saturated carbocycles. The predicted molar refractivity (Wildman–Crippen MR) is 71.1 cm³/mol. The smallest absolute Gasteiger partial charge is 0.255 e. The quantitative estimate of drug-likeness (QED) is 0.852. The molecule has 98 valence electrons. The summed E-state index contributed by atoms with van der Waals surface area (Å²) in [7, 11) is 1.59. The first kappa shape index (κ1) is 12.9. The fourth-order valence-electron chi connectivity index (χ4n) is 2.24. The van der Waals surface area contributed by atoms with Gasteiger partial charge >= 0.3 is 0 Å². The van der Waals surface area contributed by atoms with Gasteiger partial charge in [0.15, 0.2) is 0 Å². The van der Waals surface area contributed by atoms with Crippen LogP contribution in [0, 0.1) is 6.92 Å². The number of amides is 1. The van der Waals surface area contributed by atoms with Crippen LogP contribution in [0.25, 0.3) is 0 Å². The van der Waals surface area contributed by atoms with Gasteiger partial charge in [0.25, 0.3) is 5.91 Å². The van der Waals surface area contributed by atoms with Gasteiger partial charge in [-0.1, -0.05) is 11.6 Å². The number of benzene rings is 1. The Morgan fingerprint density at radius 3 is 3.00 bits per heavy atom. The van der Waals surface area contributed by atoms with Crippen molar-refractivity contribution in [2.75, 3.05) is 20.2 Å². The Kier molecular flexibility index (Phi) is 4.20. The van der Waals surface area contributed by atoms with E-state index in [4.69, 9.17) is 4.74 Å². The highest BCUT2D eigenvalue weighted by molar-refractivity contribution is 5.97. The van der Waals surface area contributed by atoms with Gasteiger partial charge < -0.3 is 15.4 Å². The topological polar surface area (TPSA) is 50.4 Å². The SMILES string of the molecule is COc1ccc(C)cc1C(=O)N[C@H]1CCCNC1. The Hall–Kier alpha value is -1.55.